The Morgan fingerprint density at radius 1 is 1.53 bits per heavy atom. The fourth-order valence-corrected chi connectivity index (χ4v) is 2.80. The quantitative estimate of drug-likeness (QED) is 0.386. The van der Waals surface area contributed by atoms with Crippen LogP contribution in [0.1, 0.15) is 12.7 Å². The van der Waals surface area contributed by atoms with Gasteiger partial charge >= 0.3 is 20.7 Å². The Morgan fingerprint density at radius 2 is 2.12 bits per heavy atom. The van der Waals surface area contributed by atoms with Crippen LogP contribution in [-0.4, -0.2) is 34.8 Å². The summed E-state index contributed by atoms with van der Waals surface area (Å²) < 4.78 is 15.6. The van der Waals surface area contributed by atoms with Crippen molar-refractivity contribution < 1.29 is 33.6 Å². The second-order valence-electron chi connectivity index (χ2n) is 3.03. The van der Waals surface area contributed by atoms with Gasteiger partial charge in [0.1, 0.15) is 5.76 Å². The van der Waals surface area contributed by atoms with Gasteiger partial charge in [-0.25, -0.2) is 4.57 Å². The van der Waals surface area contributed by atoms with E-state index in [4.69, 9.17) is 29.0 Å². The molecule has 0 atom stereocenters. The molecule has 1 aromatic heterocycles. The van der Waals surface area contributed by atoms with Crippen molar-refractivity contribution in [3.8, 4) is 0 Å². The highest BCUT2D eigenvalue weighted by atomic mass is 31.3. The largest absolute Gasteiger partial charge is 0.469 e. The van der Waals surface area contributed by atoms with Crippen molar-refractivity contribution in [1.82, 2.24) is 5.16 Å². The molecule has 96 valence electrons. The lowest BCUT2D eigenvalue weighted by Crippen LogP contribution is -2.05. The molecule has 0 aromatic carbocycles. The molecule has 0 spiro atoms. The summed E-state index contributed by atoms with van der Waals surface area (Å²) in [6.45, 7) is 1.75. The van der Waals surface area contributed by atoms with Crippen LogP contribution in [0.15, 0.2) is 15.6 Å². The smallest absolute Gasteiger partial charge is 0.359 e. The normalized spacial score (nSPS) is 14.1. The van der Waals surface area contributed by atoms with Crippen LogP contribution in [0.25, 0.3) is 0 Å². The summed E-state index contributed by atoms with van der Waals surface area (Å²) in [5.74, 6) is 0.133. The molecule has 0 fully saturated rings. The van der Waals surface area contributed by atoms with Crippen LogP contribution >= 0.6 is 15.5 Å². The van der Waals surface area contributed by atoms with E-state index in [0.29, 0.717) is 12.2 Å². The first kappa shape index (κ1) is 14.4. The Morgan fingerprint density at radius 3 is 2.47 bits per heavy atom. The van der Waals surface area contributed by atoms with Gasteiger partial charge in [0.2, 0.25) is 0 Å². The molecule has 5 N–H and O–H groups in total. The Balaban J connectivity index is 3.20. The minimum absolute atomic E-state index is 0.262. The molecular weight excluding hydrogens is 274 g/mol. The average molecular weight is 285 g/mol. The van der Waals surface area contributed by atoms with E-state index in [0.717, 1.165) is 0 Å². The summed E-state index contributed by atoms with van der Waals surface area (Å²) in [4.78, 5) is 47.5. The van der Waals surface area contributed by atoms with Gasteiger partial charge in [-0.3, -0.25) is 0 Å². The third-order valence-electron chi connectivity index (χ3n) is 1.64. The molecular formula is C6H11N2O7P2+. The van der Waals surface area contributed by atoms with E-state index < -0.39 is 20.7 Å². The third kappa shape index (κ3) is 3.93. The molecule has 0 aliphatic carbocycles. The molecule has 0 saturated heterocycles. The van der Waals surface area contributed by atoms with Crippen LogP contribution in [0.2, 0.25) is 0 Å². The van der Waals surface area contributed by atoms with Gasteiger partial charge in [0.15, 0.2) is 5.82 Å². The molecule has 0 amide bonds. The van der Waals surface area contributed by atoms with Gasteiger partial charge in [-0.1, -0.05) is 12.1 Å². The van der Waals surface area contributed by atoms with Crippen LogP contribution in [0.3, 0.4) is 0 Å². The SMILES string of the molecule is CCc1cc(N=C(P(=O)(O)O)[P+](O)(O)O)no1. The Hall–Kier alpha value is -0.660. The minimum Gasteiger partial charge on any atom is -0.359 e. The molecule has 0 bridgehead atoms. The predicted molar refractivity (Wildman–Crippen MR) is 58.6 cm³/mol. The number of hydrogen-bond donors (Lipinski definition) is 5. The first-order valence-corrected chi connectivity index (χ1v) is 7.58. The standard InChI is InChI=1S/C6H10N2O7P2/c1-2-4-3-5(8-15-4)7-6(16(9,10)11)17(12,13)14/h3,9-11H,2H2,1H3,(H-,12,13,14)/p+1. The number of aryl methyl sites for hydroxylation is 1. The topological polar surface area (TPSA) is 157 Å². The van der Waals surface area contributed by atoms with E-state index in [1.165, 1.54) is 6.07 Å². The van der Waals surface area contributed by atoms with Gasteiger partial charge in [-0.15, -0.1) is 0 Å². The van der Waals surface area contributed by atoms with E-state index in [-0.39, 0.29) is 5.82 Å². The highest BCUT2D eigenvalue weighted by Crippen LogP contribution is 2.60. The zero-order valence-corrected chi connectivity index (χ0v) is 10.4. The summed E-state index contributed by atoms with van der Waals surface area (Å²) in [7, 11) is -10.0. The number of nitrogens with zero attached hydrogens (tertiary/aromatic N) is 2. The third-order valence-corrected chi connectivity index (χ3v) is 4.48. The summed E-state index contributed by atoms with van der Waals surface area (Å²) in [5.41, 5.74) is 0. The molecule has 1 rings (SSSR count). The molecule has 9 nitrogen and oxygen atoms in total. The molecule has 1 heterocycles. The van der Waals surface area contributed by atoms with E-state index in [9.17, 15) is 4.57 Å². The maximum atomic E-state index is 10.9. The van der Waals surface area contributed by atoms with Crippen molar-refractivity contribution >= 4 is 26.6 Å². The van der Waals surface area contributed by atoms with Crippen molar-refractivity contribution in [3.05, 3.63) is 11.8 Å². The van der Waals surface area contributed by atoms with Gasteiger partial charge in [-0.05, 0) is 0 Å². The highest BCUT2D eigenvalue weighted by molar-refractivity contribution is 8.00. The van der Waals surface area contributed by atoms with Crippen molar-refractivity contribution in [1.29, 1.82) is 0 Å². The summed E-state index contributed by atoms with van der Waals surface area (Å²) in [6.07, 6.45) is 0.478. The van der Waals surface area contributed by atoms with E-state index in [1.54, 1.807) is 6.92 Å². The average Bonchev–Trinajstić information content (AvgIpc) is 2.58. The Kier molecular flexibility index (Phi) is 4.16. The Bertz CT molecular complexity index is 471. The van der Waals surface area contributed by atoms with Gasteiger partial charge in [0.25, 0.3) is 0 Å². The molecule has 11 heteroatoms. The summed E-state index contributed by atoms with van der Waals surface area (Å²) in [5, 5.41) is 1.92. The van der Waals surface area contributed by atoms with Crippen LogP contribution in [0.5, 0.6) is 0 Å². The number of rotatable bonds is 4. The zero-order chi connectivity index (χ0) is 13.3. The maximum absolute atomic E-state index is 10.9. The molecule has 0 aliphatic rings. The lowest BCUT2D eigenvalue weighted by molar-refractivity contribution is 0.349. The zero-order valence-electron chi connectivity index (χ0n) is 8.63. The molecule has 0 radical (unpaired) electrons. The minimum atomic E-state index is -5.09. The molecule has 0 saturated carbocycles. The predicted octanol–water partition coefficient (Wildman–Crippen LogP) is 0.142. The number of aliphatic imine (C=N–C) groups is 1. The van der Waals surface area contributed by atoms with Crippen molar-refractivity contribution in [2.45, 2.75) is 13.3 Å². The second-order valence-corrected chi connectivity index (χ2v) is 6.45. The molecule has 1 aromatic rings. The Labute approximate surface area is 96.2 Å². The monoisotopic (exact) mass is 285 g/mol. The number of aromatic nitrogens is 1. The van der Waals surface area contributed by atoms with Gasteiger partial charge in [-0.2, -0.15) is 19.7 Å². The lowest BCUT2D eigenvalue weighted by atomic mass is 10.4. The summed E-state index contributed by atoms with van der Waals surface area (Å²) in [6, 6.07) is 1.26. The highest BCUT2D eigenvalue weighted by Gasteiger charge is 2.52. The van der Waals surface area contributed by atoms with Crippen molar-refractivity contribution in [2.75, 3.05) is 0 Å². The van der Waals surface area contributed by atoms with Gasteiger partial charge in [0.05, 0.1) is 0 Å². The van der Waals surface area contributed by atoms with Crippen molar-refractivity contribution in [2.24, 2.45) is 4.99 Å². The fourth-order valence-electron chi connectivity index (χ4n) is 0.931. The first-order valence-electron chi connectivity index (χ1n) is 4.33. The van der Waals surface area contributed by atoms with Crippen molar-refractivity contribution in [3.63, 3.8) is 0 Å². The molecule has 0 aliphatic heterocycles. The summed E-state index contributed by atoms with van der Waals surface area (Å²) >= 11 is 0. The van der Waals surface area contributed by atoms with Crippen LogP contribution < -0.4 is 0 Å². The first-order chi connectivity index (χ1) is 7.64. The fraction of sp³-hybridized carbons (Fsp3) is 0.333. The second kappa shape index (κ2) is 4.91. The molecule has 0 unspecified atom stereocenters. The van der Waals surface area contributed by atoms with Crippen LogP contribution in [0, 0.1) is 0 Å². The van der Waals surface area contributed by atoms with E-state index in [2.05, 4.69) is 10.1 Å². The van der Waals surface area contributed by atoms with Crippen LogP contribution in [0.4, 0.5) is 5.82 Å². The van der Waals surface area contributed by atoms with E-state index >= 15 is 0 Å². The maximum Gasteiger partial charge on any atom is 0.469 e. The van der Waals surface area contributed by atoms with Gasteiger partial charge < -0.3 is 14.3 Å². The molecule has 17 heavy (non-hydrogen) atoms. The number of hydrogen-bond acceptors (Lipinski definition) is 7. The van der Waals surface area contributed by atoms with Crippen LogP contribution in [-0.2, 0) is 11.0 Å². The lowest BCUT2D eigenvalue weighted by Gasteiger charge is -2.06. The van der Waals surface area contributed by atoms with E-state index in [1.807, 2.05) is 0 Å². The van der Waals surface area contributed by atoms with Gasteiger partial charge in [0, 0.05) is 12.5 Å².